The minimum Gasteiger partial charge on any atom is -0.497 e. The van der Waals surface area contributed by atoms with E-state index < -0.39 is 6.92 Å². The summed E-state index contributed by atoms with van der Waals surface area (Å²) in [5.41, 5.74) is 3.82. The van der Waals surface area contributed by atoms with Gasteiger partial charge in [0.05, 0.1) is 20.3 Å². The van der Waals surface area contributed by atoms with Gasteiger partial charge in [0.2, 0.25) is 0 Å². The monoisotopic (exact) mass is 366 g/mol. The van der Waals surface area contributed by atoms with Crippen LogP contribution >= 0.6 is 11.6 Å². The first-order chi connectivity index (χ1) is 12.7. The molecule has 3 aromatic carbocycles. The summed E-state index contributed by atoms with van der Waals surface area (Å²) in [4.78, 5) is 0. The van der Waals surface area contributed by atoms with Gasteiger partial charge in [-0.05, 0) is 46.3 Å². The molecule has 0 aliphatic heterocycles. The molecule has 1 N–H and O–H groups in total. The molecule has 0 saturated carbocycles. The summed E-state index contributed by atoms with van der Waals surface area (Å²) in [6.45, 7) is 0.393. The van der Waals surface area contributed by atoms with E-state index >= 15 is 0 Å². The van der Waals surface area contributed by atoms with E-state index in [1.54, 1.807) is 19.2 Å². The Balaban J connectivity index is 1.54. The van der Waals surface area contributed by atoms with Crippen LogP contribution in [-0.4, -0.2) is 19.0 Å². The van der Waals surface area contributed by atoms with Crippen molar-refractivity contribution in [1.29, 1.82) is 0 Å². The number of halogens is 1. The molecular formula is C21H20BClO3. The summed E-state index contributed by atoms with van der Waals surface area (Å²) in [5.74, 6) is 0.837. The average molecular weight is 367 g/mol. The van der Waals surface area contributed by atoms with Crippen LogP contribution in [0.25, 0.3) is 0 Å². The van der Waals surface area contributed by atoms with Crippen LogP contribution in [0.4, 0.5) is 0 Å². The third kappa shape index (κ3) is 4.89. The molecule has 5 heteroatoms. The molecule has 3 rings (SSSR count). The molecule has 0 radical (unpaired) electrons. The Morgan fingerprint density at radius 1 is 0.769 bits per heavy atom. The summed E-state index contributed by atoms with van der Waals surface area (Å²) in [6, 6.07) is 22.8. The third-order valence-corrected chi connectivity index (χ3v) is 4.43. The van der Waals surface area contributed by atoms with E-state index in [0.29, 0.717) is 18.2 Å². The van der Waals surface area contributed by atoms with Gasteiger partial charge in [-0.1, -0.05) is 60.1 Å². The van der Waals surface area contributed by atoms with Crippen LogP contribution in [0.3, 0.4) is 0 Å². The highest BCUT2D eigenvalue weighted by atomic mass is 35.5. The first kappa shape index (κ1) is 18.5. The average Bonchev–Trinajstić information content (AvgIpc) is 2.69. The predicted octanol–water partition coefficient (Wildman–Crippen LogP) is 3.16. The second-order valence-corrected chi connectivity index (χ2v) is 6.47. The Hall–Kier alpha value is -2.27. The summed E-state index contributed by atoms with van der Waals surface area (Å²) in [5, 5.41) is 11.1. The molecule has 0 aromatic heterocycles. The van der Waals surface area contributed by atoms with Crippen LogP contribution in [-0.2, 0) is 18.0 Å². The Kier molecular flexibility index (Phi) is 6.34. The van der Waals surface area contributed by atoms with E-state index in [4.69, 9.17) is 21.1 Å². The van der Waals surface area contributed by atoms with Gasteiger partial charge < -0.3 is 14.5 Å². The van der Waals surface area contributed by atoms with Crippen LogP contribution in [0.2, 0.25) is 5.02 Å². The minimum absolute atomic E-state index is 0.517. The van der Waals surface area contributed by atoms with Gasteiger partial charge in [-0.25, -0.2) is 0 Å². The number of hydrogen-bond donors (Lipinski definition) is 1. The van der Waals surface area contributed by atoms with Gasteiger partial charge in [-0.3, -0.25) is 0 Å². The van der Waals surface area contributed by atoms with E-state index in [9.17, 15) is 5.02 Å². The van der Waals surface area contributed by atoms with Gasteiger partial charge in [0, 0.05) is 5.02 Å². The van der Waals surface area contributed by atoms with E-state index in [0.717, 1.165) is 27.8 Å². The van der Waals surface area contributed by atoms with Crippen molar-refractivity contribution in [1.82, 2.24) is 0 Å². The van der Waals surface area contributed by atoms with E-state index in [1.165, 1.54) is 0 Å². The zero-order valence-electron chi connectivity index (χ0n) is 14.6. The second-order valence-electron chi connectivity index (χ2n) is 6.04. The zero-order chi connectivity index (χ0) is 18.4. The molecule has 132 valence electrons. The SMILES string of the molecule is COc1ccc(COCc2ccc(B(O)c3ccc(Cl)cc3)cc2)cc1. The molecule has 0 amide bonds. The highest BCUT2D eigenvalue weighted by Gasteiger charge is 2.16. The number of ether oxygens (including phenoxy) is 2. The molecule has 0 aliphatic carbocycles. The van der Waals surface area contributed by atoms with Crippen molar-refractivity contribution in [2.75, 3.05) is 7.11 Å². The van der Waals surface area contributed by atoms with Crippen molar-refractivity contribution < 1.29 is 14.5 Å². The Morgan fingerprint density at radius 3 is 1.73 bits per heavy atom. The fourth-order valence-electron chi connectivity index (χ4n) is 2.64. The van der Waals surface area contributed by atoms with E-state index in [2.05, 4.69) is 0 Å². The molecular weight excluding hydrogens is 346 g/mol. The molecule has 0 fully saturated rings. The number of rotatable bonds is 7. The fourth-order valence-corrected chi connectivity index (χ4v) is 2.77. The molecule has 3 aromatic rings. The molecule has 0 heterocycles. The van der Waals surface area contributed by atoms with Crippen molar-refractivity contribution in [3.8, 4) is 5.75 Å². The third-order valence-electron chi connectivity index (χ3n) is 4.18. The smallest absolute Gasteiger partial charge is 0.358 e. The summed E-state index contributed by atoms with van der Waals surface area (Å²) in [6.07, 6.45) is 0. The predicted molar refractivity (Wildman–Crippen MR) is 107 cm³/mol. The Labute approximate surface area is 159 Å². The van der Waals surface area contributed by atoms with Crippen LogP contribution in [0, 0.1) is 0 Å². The van der Waals surface area contributed by atoms with Crippen molar-refractivity contribution in [2.24, 2.45) is 0 Å². The van der Waals surface area contributed by atoms with Crippen molar-refractivity contribution in [3.63, 3.8) is 0 Å². The largest absolute Gasteiger partial charge is 0.497 e. The van der Waals surface area contributed by atoms with Gasteiger partial charge in [-0.2, -0.15) is 0 Å². The second kappa shape index (κ2) is 8.90. The normalized spacial score (nSPS) is 10.6. The van der Waals surface area contributed by atoms with Crippen LogP contribution in [0.15, 0.2) is 72.8 Å². The van der Waals surface area contributed by atoms with Crippen molar-refractivity contribution in [2.45, 2.75) is 13.2 Å². The number of hydrogen-bond acceptors (Lipinski definition) is 3. The fraction of sp³-hybridized carbons (Fsp3) is 0.143. The molecule has 0 aliphatic rings. The van der Waals surface area contributed by atoms with Crippen molar-refractivity contribution in [3.05, 3.63) is 88.9 Å². The molecule has 0 atom stereocenters. The standard InChI is InChI=1S/C21H20BClO3/c1-25-21-12-4-17(5-13-21)15-26-14-16-2-6-18(7-3-16)22(24)19-8-10-20(23)11-9-19/h2-13,24H,14-15H2,1H3. The van der Waals surface area contributed by atoms with Crippen molar-refractivity contribution >= 4 is 29.4 Å². The van der Waals surface area contributed by atoms with Gasteiger partial charge in [0.15, 0.2) is 0 Å². The topological polar surface area (TPSA) is 38.7 Å². The van der Waals surface area contributed by atoms with Gasteiger partial charge in [0.25, 0.3) is 0 Å². The molecule has 0 bridgehead atoms. The maximum absolute atomic E-state index is 10.5. The lowest BCUT2D eigenvalue weighted by atomic mass is 9.56. The summed E-state index contributed by atoms with van der Waals surface area (Å²) >= 11 is 5.89. The maximum Gasteiger partial charge on any atom is 0.358 e. The first-order valence-corrected chi connectivity index (χ1v) is 8.76. The lowest BCUT2D eigenvalue weighted by Gasteiger charge is -2.09. The quantitative estimate of drug-likeness (QED) is 0.653. The highest BCUT2D eigenvalue weighted by molar-refractivity contribution is 6.78. The van der Waals surface area contributed by atoms with Gasteiger partial charge in [-0.15, -0.1) is 0 Å². The lowest BCUT2D eigenvalue weighted by molar-refractivity contribution is 0.107. The lowest BCUT2D eigenvalue weighted by Crippen LogP contribution is -2.42. The molecule has 26 heavy (non-hydrogen) atoms. The minimum atomic E-state index is -0.665. The zero-order valence-corrected chi connectivity index (χ0v) is 15.3. The number of benzene rings is 3. The maximum atomic E-state index is 10.5. The molecule has 0 spiro atoms. The van der Waals surface area contributed by atoms with Gasteiger partial charge in [0.1, 0.15) is 5.75 Å². The molecule has 0 saturated heterocycles. The highest BCUT2D eigenvalue weighted by Crippen LogP contribution is 2.12. The Morgan fingerprint density at radius 2 is 1.23 bits per heavy atom. The van der Waals surface area contributed by atoms with Crippen LogP contribution in [0.5, 0.6) is 5.75 Å². The molecule has 0 unspecified atom stereocenters. The van der Waals surface area contributed by atoms with Crippen LogP contribution in [0.1, 0.15) is 11.1 Å². The van der Waals surface area contributed by atoms with Gasteiger partial charge >= 0.3 is 6.92 Å². The summed E-state index contributed by atoms with van der Waals surface area (Å²) < 4.78 is 10.9. The summed E-state index contributed by atoms with van der Waals surface area (Å²) in [7, 11) is 1.65. The molecule has 3 nitrogen and oxygen atoms in total. The van der Waals surface area contributed by atoms with E-state index in [-0.39, 0.29) is 0 Å². The van der Waals surface area contributed by atoms with E-state index in [1.807, 2.05) is 60.7 Å². The Bertz CT molecular complexity index is 817. The first-order valence-electron chi connectivity index (χ1n) is 8.39. The number of methoxy groups -OCH3 is 1. The van der Waals surface area contributed by atoms with Crippen LogP contribution < -0.4 is 15.7 Å².